The van der Waals surface area contributed by atoms with E-state index in [4.69, 9.17) is 16.0 Å². The van der Waals surface area contributed by atoms with E-state index in [1.165, 1.54) is 0 Å². The van der Waals surface area contributed by atoms with Crippen LogP contribution in [-0.4, -0.2) is 34.2 Å². The van der Waals surface area contributed by atoms with Crippen molar-refractivity contribution in [3.63, 3.8) is 0 Å². The Bertz CT molecular complexity index is 626. The number of aromatic nitrogens is 1. The van der Waals surface area contributed by atoms with Crippen LogP contribution in [0.15, 0.2) is 28.7 Å². The highest BCUT2D eigenvalue weighted by molar-refractivity contribution is 6.33. The number of halogens is 1. The highest BCUT2D eigenvalue weighted by Gasteiger charge is 2.21. The van der Waals surface area contributed by atoms with Gasteiger partial charge in [0.15, 0.2) is 0 Å². The summed E-state index contributed by atoms with van der Waals surface area (Å²) in [4.78, 5) is 6.80. The number of benzene rings is 1. The van der Waals surface area contributed by atoms with Crippen LogP contribution in [0.4, 0.5) is 0 Å². The normalized spacial score (nSPS) is 19.9. The quantitative estimate of drug-likeness (QED) is 0.945. The molecule has 1 aliphatic heterocycles. The van der Waals surface area contributed by atoms with Gasteiger partial charge in [-0.05, 0) is 38.4 Å². The van der Waals surface area contributed by atoms with Crippen molar-refractivity contribution in [3.8, 4) is 11.5 Å². The van der Waals surface area contributed by atoms with Crippen molar-refractivity contribution in [1.29, 1.82) is 0 Å². The van der Waals surface area contributed by atoms with Crippen LogP contribution in [0.5, 0.6) is 0 Å². The van der Waals surface area contributed by atoms with Gasteiger partial charge in [0, 0.05) is 13.1 Å². The van der Waals surface area contributed by atoms with Crippen LogP contribution in [0.25, 0.3) is 11.5 Å². The fourth-order valence-electron chi connectivity index (χ4n) is 2.71. The zero-order valence-electron chi connectivity index (χ0n) is 12.1. The van der Waals surface area contributed by atoms with Crippen molar-refractivity contribution in [2.45, 2.75) is 32.4 Å². The molecule has 0 amide bonds. The zero-order valence-corrected chi connectivity index (χ0v) is 12.8. The minimum Gasteiger partial charge on any atom is -0.441 e. The van der Waals surface area contributed by atoms with E-state index in [1.54, 1.807) is 0 Å². The van der Waals surface area contributed by atoms with Crippen LogP contribution < -0.4 is 0 Å². The van der Waals surface area contributed by atoms with E-state index in [1.807, 2.05) is 31.2 Å². The minimum absolute atomic E-state index is 0.228. The molecule has 1 aliphatic rings. The number of likely N-dealkylation sites (tertiary alicyclic amines) is 1. The topological polar surface area (TPSA) is 49.5 Å². The van der Waals surface area contributed by atoms with Crippen LogP contribution >= 0.6 is 11.6 Å². The number of aliphatic hydroxyl groups is 1. The van der Waals surface area contributed by atoms with E-state index in [9.17, 15) is 5.11 Å². The molecule has 0 saturated carbocycles. The first kappa shape index (κ1) is 14.6. The molecule has 1 aromatic carbocycles. The summed E-state index contributed by atoms with van der Waals surface area (Å²) < 4.78 is 5.77. The average Bonchev–Trinajstić information content (AvgIpc) is 2.80. The van der Waals surface area contributed by atoms with Gasteiger partial charge in [0.25, 0.3) is 0 Å². The Morgan fingerprint density at radius 2 is 2.24 bits per heavy atom. The van der Waals surface area contributed by atoms with Gasteiger partial charge in [-0.25, -0.2) is 4.98 Å². The van der Waals surface area contributed by atoms with Crippen LogP contribution in [0.2, 0.25) is 5.02 Å². The van der Waals surface area contributed by atoms with Crippen LogP contribution in [0.1, 0.15) is 24.3 Å². The van der Waals surface area contributed by atoms with Crippen molar-refractivity contribution in [2.75, 3.05) is 13.1 Å². The SMILES string of the molecule is Cc1oc(-c2ccccc2Cl)nc1CN1CCC[C@@H](O)C1. The van der Waals surface area contributed by atoms with E-state index < -0.39 is 0 Å². The van der Waals surface area contributed by atoms with Gasteiger partial charge in [-0.1, -0.05) is 23.7 Å². The molecule has 112 valence electrons. The van der Waals surface area contributed by atoms with E-state index in [-0.39, 0.29) is 6.10 Å². The number of hydrogen-bond acceptors (Lipinski definition) is 4. The van der Waals surface area contributed by atoms with E-state index >= 15 is 0 Å². The molecule has 1 saturated heterocycles. The average molecular weight is 307 g/mol. The van der Waals surface area contributed by atoms with Crippen molar-refractivity contribution in [1.82, 2.24) is 9.88 Å². The molecule has 0 bridgehead atoms. The highest BCUT2D eigenvalue weighted by Crippen LogP contribution is 2.29. The third-order valence-electron chi connectivity index (χ3n) is 3.85. The van der Waals surface area contributed by atoms with E-state index in [2.05, 4.69) is 9.88 Å². The summed E-state index contributed by atoms with van der Waals surface area (Å²) in [5.41, 5.74) is 1.73. The van der Waals surface area contributed by atoms with Crippen molar-refractivity contribution in [2.24, 2.45) is 0 Å². The molecular weight excluding hydrogens is 288 g/mol. The van der Waals surface area contributed by atoms with Crippen molar-refractivity contribution in [3.05, 3.63) is 40.7 Å². The standard InChI is InChI=1S/C16H19ClN2O2/c1-11-15(10-19-8-4-5-12(20)9-19)18-16(21-11)13-6-2-3-7-14(13)17/h2-3,6-7,12,20H,4-5,8-10H2,1H3/t12-/m1/s1. The second-order valence-electron chi connectivity index (χ2n) is 5.53. The summed E-state index contributed by atoms with van der Waals surface area (Å²) in [6, 6.07) is 7.54. The number of piperidine rings is 1. The summed E-state index contributed by atoms with van der Waals surface area (Å²) in [7, 11) is 0. The molecule has 1 N–H and O–H groups in total. The molecule has 0 aliphatic carbocycles. The van der Waals surface area contributed by atoms with E-state index in [0.717, 1.165) is 36.4 Å². The Morgan fingerprint density at radius 1 is 1.43 bits per heavy atom. The molecule has 21 heavy (non-hydrogen) atoms. The first-order chi connectivity index (χ1) is 10.1. The molecule has 3 rings (SSSR count). The van der Waals surface area contributed by atoms with Crippen LogP contribution in [0, 0.1) is 6.92 Å². The van der Waals surface area contributed by atoms with Gasteiger partial charge in [0.2, 0.25) is 5.89 Å². The molecule has 1 aromatic heterocycles. The maximum Gasteiger partial charge on any atom is 0.228 e. The second kappa shape index (κ2) is 6.18. The lowest BCUT2D eigenvalue weighted by Crippen LogP contribution is -2.37. The Hall–Kier alpha value is -1.36. The summed E-state index contributed by atoms with van der Waals surface area (Å²) in [5.74, 6) is 1.37. The lowest BCUT2D eigenvalue weighted by Gasteiger charge is -2.29. The predicted molar refractivity (Wildman–Crippen MR) is 82.2 cm³/mol. The van der Waals surface area contributed by atoms with Gasteiger partial charge in [0.05, 0.1) is 22.4 Å². The molecule has 1 fully saturated rings. The van der Waals surface area contributed by atoms with Crippen molar-refractivity contribution < 1.29 is 9.52 Å². The number of β-amino-alcohol motifs (C(OH)–C–C–N with tert-alkyl or cyclic N) is 1. The highest BCUT2D eigenvalue weighted by atomic mass is 35.5. The van der Waals surface area contributed by atoms with E-state index in [0.29, 0.717) is 24.0 Å². The Labute approximate surface area is 129 Å². The first-order valence-corrected chi connectivity index (χ1v) is 7.63. The van der Waals surface area contributed by atoms with Gasteiger partial charge < -0.3 is 9.52 Å². The first-order valence-electron chi connectivity index (χ1n) is 7.25. The molecule has 0 unspecified atom stereocenters. The molecule has 2 heterocycles. The fourth-order valence-corrected chi connectivity index (χ4v) is 2.93. The monoisotopic (exact) mass is 306 g/mol. The number of aliphatic hydroxyl groups excluding tert-OH is 1. The summed E-state index contributed by atoms with van der Waals surface area (Å²) in [5, 5.41) is 10.4. The molecule has 5 heteroatoms. The van der Waals surface area contributed by atoms with Gasteiger partial charge in [-0.3, -0.25) is 4.90 Å². The zero-order chi connectivity index (χ0) is 14.8. The third kappa shape index (κ3) is 3.28. The molecule has 2 aromatic rings. The molecule has 0 spiro atoms. The molecule has 4 nitrogen and oxygen atoms in total. The number of nitrogens with zero attached hydrogens (tertiary/aromatic N) is 2. The molecule has 0 radical (unpaired) electrons. The number of hydrogen-bond donors (Lipinski definition) is 1. The van der Waals surface area contributed by atoms with Gasteiger partial charge >= 0.3 is 0 Å². The van der Waals surface area contributed by atoms with Gasteiger partial charge in [0.1, 0.15) is 5.76 Å². The summed E-state index contributed by atoms with van der Waals surface area (Å²) >= 11 is 6.19. The second-order valence-corrected chi connectivity index (χ2v) is 5.94. The summed E-state index contributed by atoms with van der Waals surface area (Å²) in [6.45, 7) is 4.32. The Kier molecular flexibility index (Phi) is 4.29. The largest absolute Gasteiger partial charge is 0.441 e. The minimum atomic E-state index is -0.228. The number of rotatable bonds is 3. The number of aryl methyl sites for hydroxylation is 1. The lowest BCUT2D eigenvalue weighted by atomic mass is 10.1. The number of oxazole rings is 1. The maximum absolute atomic E-state index is 9.74. The van der Waals surface area contributed by atoms with Crippen molar-refractivity contribution >= 4 is 11.6 Å². The van der Waals surface area contributed by atoms with Gasteiger partial charge in [-0.15, -0.1) is 0 Å². The van der Waals surface area contributed by atoms with Crippen LogP contribution in [-0.2, 0) is 6.54 Å². The van der Waals surface area contributed by atoms with Crippen LogP contribution in [0.3, 0.4) is 0 Å². The fraction of sp³-hybridized carbons (Fsp3) is 0.438. The maximum atomic E-state index is 9.74. The summed E-state index contributed by atoms with van der Waals surface area (Å²) in [6.07, 6.45) is 1.68. The Morgan fingerprint density at radius 3 is 3.00 bits per heavy atom. The molecular formula is C16H19ClN2O2. The smallest absolute Gasteiger partial charge is 0.228 e. The lowest BCUT2D eigenvalue weighted by molar-refractivity contribution is 0.0660. The molecule has 1 atom stereocenters. The Balaban J connectivity index is 1.80. The van der Waals surface area contributed by atoms with Gasteiger partial charge in [-0.2, -0.15) is 0 Å². The third-order valence-corrected chi connectivity index (χ3v) is 4.18. The predicted octanol–water partition coefficient (Wildman–Crippen LogP) is 3.26.